The van der Waals surface area contributed by atoms with Crippen molar-refractivity contribution in [3.8, 4) is 12.1 Å². The van der Waals surface area contributed by atoms with E-state index < -0.39 is 11.1 Å². The quantitative estimate of drug-likeness (QED) is 0.0894. The molecule has 0 bridgehead atoms. The van der Waals surface area contributed by atoms with Gasteiger partial charge < -0.3 is 18.6 Å². The zero-order valence-electron chi connectivity index (χ0n) is 43.8. The Morgan fingerprint density at radius 3 is 1.17 bits per heavy atom. The summed E-state index contributed by atoms with van der Waals surface area (Å²) < 4.78 is 17.1. The summed E-state index contributed by atoms with van der Waals surface area (Å²) in [4.78, 5) is 9.98. The zero-order chi connectivity index (χ0) is 53.0. The molecule has 0 aliphatic heterocycles. The van der Waals surface area contributed by atoms with Crippen LogP contribution in [-0.4, -0.2) is 32.3 Å². The van der Waals surface area contributed by atoms with Gasteiger partial charge in [0.1, 0.15) is 11.1 Å². The number of nitrogens with zero attached hydrogens (tertiary/aromatic N) is 6. The minimum absolute atomic E-state index is 0.395. The summed E-state index contributed by atoms with van der Waals surface area (Å²) in [5.41, 5.74) is 14.5. The third-order valence-corrected chi connectivity index (χ3v) is 15.7. The number of benzene rings is 8. The topological polar surface area (TPSA) is 102 Å². The van der Waals surface area contributed by atoms with Crippen LogP contribution in [0.1, 0.15) is 91.3 Å². The number of nitriles is 2. The monoisotopic (exact) mass is 1020 g/mol. The van der Waals surface area contributed by atoms with Crippen LogP contribution in [0.15, 0.2) is 243 Å². The maximum Gasteiger partial charge on any atom is 0.121 e. The van der Waals surface area contributed by atoms with Gasteiger partial charge in [-0.1, -0.05) is 206 Å². The fourth-order valence-electron chi connectivity index (χ4n) is 12.0. The second-order valence-corrected chi connectivity index (χ2v) is 20.5. The highest BCUT2D eigenvalue weighted by molar-refractivity contribution is 5.54. The second kappa shape index (κ2) is 24.0. The van der Waals surface area contributed by atoms with Crippen LogP contribution in [0.2, 0.25) is 0 Å². The third-order valence-electron chi connectivity index (χ3n) is 15.7. The minimum Gasteiger partial charge on any atom is -0.376 e. The van der Waals surface area contributed by atoms with Gasteiger partial charge in [-0.3, -0.25) is 0 Å². The molecule has 0 N–H and O–H groups in total. The normalized spacial score (nSPS) is 14.9. The number of imidazole rings is 2. The number of aryl methyl sites for hydroxylation is 1. The average Bonchev–Trinajstić information content (AvgIpc) is 4.31. The van der Waals surface area contributed by atoms with E-state index in [1.54, 1.807) is 0 Å². The van der Waals surface area contributed by atoms with E-state index in [1.807, 2.05) is 61.2 Å². The summed E-state index contributed by atoms with van der Waals surface area (Å²) in [6, 6.07) is 84.4. The summed E-state index contributed by atoms with van der Waals surface area (Å²) in [5.74, 6) is 0.812. The molecule has 78 heavy (non-hydrogen) atoms. The Bertz CT molecular complexity index is 3430. The molecule has 2 heterocycles. The van der Waals surface area contributed by atoms with Gasteiger partial charge in [-0.15, -0.1) is 0 Å². The van der Waals surface area contributed by atoms with Crippen molar-refractivity contribution >= 4 is 0 Å². The lowest BCUT2D eigenvalue weighted by atomic mass is 9.76. The molecule has 0 saturated heterocycles. The van der Waals surface area contributed by atoms with Gasteiger partial charge in [-0.2, -0.15) is 10.5 Å². The molecule has 0 radical (unpaired) electrons. The molecule has 10 aromatic rings. The summed E-state index contributed by atoms with van der Waals surface area (Å²) in [5, 5.41) is 18.4. The van der Waals surface area contributed by atoms with Crippen molar-refractivity contribution in [1.82, 2.24) is 19.1 Å². The maximum atomic E-state index is 9.20. The molecular formula is C70H62N6O2. The Kier molecular flexibility index (Phi) is 15.7. The molecule has 0 fully saturated rings. The molecule has 0 amide bonds. The highest BCUT2D eigenvalue weighted by Gasteiger charge is 2.43. The fraction of sp³-hybridized carbons (Fsp3) is 0.200. The van der Waals surface area contributed by atoms with E-state index >= 15 is 0 Å². The predicted octanol–water partition coefficient (Wildman–Crippen LogP) is 13.8. The minimum atomic E-state index is -0.551. The van der Waals surface area contributed by atoms with Gasteiger partial charge in [0.05, 0.1) is 73.7 Å². The van der Waals surface area contributed by atoms with Gasteiger partial charge >= 0.3 is 0 Å². The summed E-state index contributed by atoms with van der Waals surface area (Å²) in [6.07, 6.45) is 9.89. The van der Waals surface area contributed by atoms with Crippen molar-refractivity contribution in [2.45, 2.75) is 62.8 Å². The SMILES string of the molecule is N#Cc1cccc(COCC2CCc3c(ncn3C(c3ccccc3)(c3ccccc3)c3ccccc3)C2)c1.N#Cc1cccc(COCC2CCc3ncn(C(c4ccccc4)(c4ccccc4)c4ccccc4)c3C2)c1. The van der Waals surface area contributed by atoms with Crippen LogP contribution in [0, 0.1) is 34.5 Å². The van der Waals surface area contributed by atoms with E-state index in [2.05, 4.69) is 203 Å². The van der Waals surface area contributed by atoms with Crippen LogP contribution in [0.3, 0.4) is 0 Å². The lowest BCUT2D eigenvalue weighted by Crippen LogP contribution is -2.39. The largest absolute Gasteiger partial charge is 0.376 e. The van der Waals surface area contributed by atoms with E-state index in [0.29, 0.717) is 49.4 Å². The molecule has 2 aromatic heterocycles. The maximum absolute atomic E-state index is 9.20. The highest BCUT2D eigenvalue weighted by atomic mass is 16.5. The van der Waals surface area contributed by atoms with Gasteiger partial charge in [0.25, 0.3) is 0 Å². The molecule has 8 aromatic carbocycles. The molecule has 8 heteroatoms. The molecule has 0 saturated carbocycles. The standard InChI is InChI=1S/2C35H31N3O/c36-23-27-11-10-12-28(21-27)24-39-25-29-19-20-34-33(22-29)37-26-38(34)35(30-13-4-1-5-14-30,31-15-6-2-7-16-31)32-17-8-3-9-18-32;36-23-27-11-10-12-28(21-27)24-39-25-29-19-20-33-34(22-29)38(26-37-33)35(30-13-4-1-5-14-30,31-15-6-2-7-16-31)32-17-8-3-9-18-32/h2*1-18,21,26,29H,19-20,22,24-25H2. The highest BCUT2D eigenvalue weighted by Crippen LogP contribution is 2.45. The van der Waals surface area contributed by atoms with Gasteiger partial charge in [0.15, 0.2) is 0 Å². The molecule has 12 rings (SSSR count). The molecule has 2 atom stereocenters. The summed E-state index contributed by atoms with van der Waals surface area (Å²) in [6.45, 7) is 2.40. The van der Waals surface area contributed by atoms with Crippen LogP contribution in [-0.2, 0) is 59.4 Å². The zero-order valence-corrected chi connectivity index (χ0v) is 43.8. The Morgan fingerprint density at radius 1 is 0.410 bits per heavy atom. The van der Waals surface area contributed by atoms with E-state index in [0.717, 1.165) is 55.3 Å². The van der Waals surface area contributed by atoms with Crippen molar-refractivity contribution < 1.29 is 9.47 Å². The fourth-order valence-corrected chi connectivity index (χ4v) is 12.0. The van der Waals surface area contributed by atoms with Gasteiger partial charge in [0.2, 0.25) is 0 Å². The van der Waals surface area contributed by atoms with Gasteiger partial charge in [0, 0.05) is 11.4 Å². The molecule has 0 spiro atoms. The van der Waals surface area contributed by atoms with Crippen molar-refractivity contribution in [2.24, 2.45) is 11.8 Å². The first-order chi connectivity index (χ1) is 38.6. The molecule has 384 valence electrons. The van der Waals surface area contributed by atoms with E-state index in [1.165, 1.54) is 50.5 Å². The van der Waals surface area contributed by atoms with E-state index in [4.69, 9.17) is 24.7 Å². The lowest BCUT2D eigenvalue weighted by molar-refractivity contribution is 0.0812. The number of fused-ring (bicyclic) bond motifs is 2. The molecule has 2 aliphatic rings. The van der Waals surface area contributed by atoms with Crippen LogP contribution in [0.5, 0.6) is 0 Å². The van der Waals surface area contributed by atoms with Gasteiger partial charge in [-0.05, 0) is 119 Å². The molecule has 2 aliphatic carbocycles. The number of aromatic nitrogens is 4. The average molecular weight is 1020 g/mol. The number of rotatable bonds is 16. The van der Waals surface area contributed by atoms with Crippen LogP contribution in [0.4, 0.5) is 0 Å². The van der Waals surface area contributed by atoms with E-state index in [9.17, 15) is 5.26 Å². The number of ether oxygens (including phenoxy) is 2. The first-order valence-corrected chi connectivity index (χ1v) is 27.2. The van der Waals surface area contributed by atoms with Crippen molar-refractivity contribution in [3.05, 3.63) is 322 Å². The van der Waals surface area contributed by atoms with Gasteiger partial charge in [-0.25, -0.2) is 9.97 Å². The summed E-state index contributed by atoms with van der Waals surface area (Å²) >= 11 is 0. The smallest absolute Gasteiger partial charge is 0.121 e. The summed E-state index contributed by atoms with van der Waals surface area (Å²) in [7, 11) is 0. The Labute approximate surface area is 458 Å². The first kappa shape index (κ1) is 51.2. The number of hydrogen-bond donors (Lipinski definition) is 0. The second-order valence-electron chi connectivity index (χ2n) is 20.5. The molecule has 8 nitrogen and oxygen atoms in total. The van der Waals surface area contributed by atoms with Crippen molar-refractivity contribution in [3.63, 3.8) is 0 Å². The predicted molar refractivity (Wildman–Crippen MR) is 306 cm³/mol. The Morgan fingerprint density at radius 2 is 0.769 bits per heavy atom. The van der Waals surface area contributed by atoms with Crippen LogP contribution >= 0.6 is 0 Å². The van der Waals surface area contributed by atoms with E-state index in [-0.39, 0.29) is 0 Å². The lowest BCUT2D eigenvalue weighted by Gasteiger charge is -2.39. The van der Waals surface area contributed by atoms with Crippen molar-refractivity contribution in [1.29, 1.82) is 10.5 Å². The Balaban J connectivity index is 0.000000165. The first-order valence-electron chi connectivity index (χ1n) is 27.2. The third kappa shape index (κ3) is 10.5. The number of hydrogen-bond acceptors (Lipinski definition) is 6. The Hall–Kier alpha value is -8.92. The molecule has 2 unspecified atom stereocenters. The molecular weight excluding hydrogens is 957 g/mol. The van der Waals surface area contributed by atoms with Crippen LogP contribution < -0.4 is 0 Å². The van der Waals surface area contributed by atoms with Crippen molar-refractivity contribution in [2.75, 3.05) is 13.2 Å². The van der Waals surface area contributed by atoms with Crippen LogP contribution in [0.25, 0.3) is 0 Å².